The van der Waals surface area contributed by atoms with Crippen LogP contribution in [0.3, 0.4) is 0 Å². The Balaban J connectivity index is 2.55. The van der Waals surface area contributed by atoms with Gasteiger partial charge in [0.15, 0.2) is 6.10 Å². The maximum Gasteiger partial charge on any atom is 0.332 e. The van der Waals surface area contributed by atoms with E-state index in [1.165, 1.54) is 4.90 Å². The van der Waals surface area contributed by atoms with Crippen LogP contribution in [0.5, 0.6) is 0 Å². The number of hydrogen-bond donors (Lipinski definition) is 1. The topological polar surface area (TPSA) is 90.6 Å². The number of likely N-dealkylation sites (N-methyl/N-ethyl adjacent to an activating group) is 1. The van der Waals surface area contributed by atoms with Crippen molar-refractivity contribution in [1.82, 2.24) is 4.90 Å². The van der Waals surface area contributed by atoms with Crippen LogP contribution in [0.25, 0.3) is 0 Å². The monoisotopic (exact) mass is 240 g/mol. The summed E-state index contributed by atoms with van der Waals surface area (Å²) in [5, 5.41) is 17.3. The number of ether oxygens (including phenoxy) is 1. The molecule has 0 bridgehead atoms. The van der Waals surface area contributed by atoms with E-state index in [4.69, 9.17) is 15.1 Å². The van der Waals surface area contributed by atoms with Crippen molar-refractivity contribution in [2.75, 3.05) is 7.05 Å². The summed E-state index contributed by atoms with van der Waals surface area (Å²) in [6.07, 6.45) is -0.561. The standard InChI is InChI=1S/C11H16N2O4/c1-7(5-6-12)13(2)10(14)8-3-4-9(17-8)11(15)16/h7-9H,3-5H2,1-2H3,(H,15,16). The van der Waals surface area contributed by atoms with Crippen molar-refractivity contribution in [1.29, 1.82) is 5.26 Å². The summed E-state index contributed by atoms with van der Waals surface area (Å²) >= 11 is 0. The molecule has 0 saturated carbocycles. The highest BCUT2D eigenvalue weighted by Crippen LogP contribution is 2.22. The molecule has 0 aliphatic carbocycles. The molecule has 1 aliphatic heterocycles. The van der Waals surface area contributed by atoms with E-state index in [9.17, 15) is 9.59 Å². The SMILES string of the molecule is CC(CC#N)N(C)C(=O)C1CCC(C(=O)O)O1. The zero-order valence-electron chi connectivity index (χ0n) is 9.92. The summed E-state index contributed by atoms with van der Waals surface area (Å²) in [4.78, 5) is 24.1. The fourth-order valence-corrected chi connectivity index (χ4v) is 1.71. The number of hydrogen-bond acceptors (Lipinski definition) is 4. The quantitative estimate of drug-likeness (QED) is 0.767. The fraction of sp³-hybridized carbons (Fsp3) is 0.727. The highest BCUT2D eigenvalue weighted by Gasteiger charge is 2.36. The first-order chi connectivity index (χ1) is 7.97. The minimum Gasteiger partial charge on any atom is -0.479 e. The molecule has 0 aromatic carbocycles. The molecule has 6 nitrogen and oxygen atoms in total. The Hall–Kier alpha value is -1.61. The Morgan fingerprint density at radius 3 is 2.59 bits per heavy atom. The molecule has 0 radical (unpaired) electrons. The Labute approximate surface area is 99.8 Å². The van der Waals surface area contributed by atoms with Crippen LogP contribution in [-0.2, 0) is 14.3 Å². The van der Waals surface area contributed by atoms with E-state index in [0.717, 1.165) is 0 Å². The zero-order chi connectivity index (χ0) is 13.0. The summed E-state index contributed by atoms with van der Waals surface area (Å²) in [7, 11) is 1.60. The summed E-state index contributed by atoms with van der Waals surface area (Å²) in [6.45, 7) is 1.77. The zero-order valence-corrected chi connectivity index (χ0v) is 9.92. The molecule has 3 unspecified atom stereocenters. The molecule has 6 heteroatoms. The maximum absolute atomic E-state index is 11.9. The molecule has 0 aromatic heterocycles. The second-order valence-electron chi connectivity index (χ2n) is 4.19. The lowest BCUT2D eigenvalue weighted by Gasteiger charge is -2.25. The van der Waals surface area contributed by atoms with Crippen molar-refractivity contribution in [3.05, 3.63) is 0 Å². The van der Waals surface area contributed by atoms with Crippen LogP contribution >= 0.6 is 0 Å². The number of nitrogens with zero attached hydrogens (tertiary/aromatic N) is 2. The molecule has 1 fully saturated rings. The van der Waals surface area contributed by atoms with Crippen LogP contribution in [0.15, 0.2) is 0 Å². The van der Waals surface area contributed by atoms with Crippen LogP contribution in [0.2, 0.25) is 0 Å². The largest absolute Gasteiger partial charge is 0.479 e. The number of carboxylic acid groups (broad SMARTS) is 1. The Morgan fingerprint density at radius 1 is 1.53 bits per heavy atom. The number of aliphatic carboxylic acids is 1. The lowest BCUT2D eigenvalue weighted by Crippen LogP contribution is -2.42. The van der Waals surface area contributed by atoms with Crippen molar-refractivity contribution >= 4 is 11.9 Å². The first kappa shape index (κ1) is 13.5. The van der Waals surface area contributed by atoms with Crippen LogP contribution in [0.4, 0.5) is 0 Å². The van der Waals surface area contributed by atoms with Crippen molar-refractivity contribution in [2.24, 2.45) is 0 Å². The van der Waals surface area contributed by atoms with Gasteiger partial charge in [-0.05, 0) is 19.8 Å². The second kappa shape index (κ2) is 5.64. The van der Waals surface area contributed by atoms with Crippen LogP contribution in [0, 0.1) is 11.3 Å². The van der Waals surface area contributed by atoms with Gasteiger partial charge >= 0.3 is 5.97 Å². The molecule has 1 saturated heterocycles. The van der Waals surface area contributed by atoms with Gasteiger partial charge in [-0.25, -0.2) is 4.79 Å². The van der Waals surface area contributed by atoms with Gasteiger partial charge in [0.05, 0.1) is 12.5 Å². The van der Waals surface area contributed by atoms with Gasteiger partial charge in [0.25, 0.3) is 5.91 Å². The molecule has 1 aliphatic rings. The van der Waals surface area contributed by atoms with Crippen LogP contribution in [0.1, 0.15) is 26.2 Å². The summed E-state index contributed by atoms with van der Waals surface area (Å²) in [5.74, 6) is -1.29. The van der Waals surface area contributed by atoms with Crippen molar-refractivity contribution < 1.29 is 19.4 Å². The van der Waals surface area contributed by atoms with Crippen LogP contribution in [-0.4, -0.2) is 47.2 Å². The van der Waals surface area contributed by atoms with Gasteiger partial charge < -0.3 is 14.7 Å². The Bertz CT molecular complexity index is 350. The Kier molecular flexibility index (Phi) is 4.46. The normalized spacial score (nSPS) is 25.0. The summed E-state index contributed by atoms with van der Waals surface area (Å²) in [5.41, 5.74) is 0. The number of amides is 1. The van der Waals surface area contributed by atoms with E-state index in [1.54, 1.807) is 14.0 Å². The van der Waals surface area contributed by atoms with Gasteiger partial charge in [-0.1, -0.05) is 0 Å². The lowest BCUT2D eigenvalue weighted by molar-refractivity contribution is -0.154. The Morgan fingerprint density at radius 2 is 2.12 bits per heavy atom. The van der Waals surface area contributed by atoms with E-state index >= 15 is 0 Å². The molecule has 17 heavy (non-hydrogen) atoms. The van der Waals surface area contributed by atoms with Gasteiger partial charge in [-0.3, -0.25) is 4.79 Å². The first-order valence-corrected chi connectivity index (χ1v) is 5.49. The molecule has 1 amide bonds. The summed E-state index contributed by atoms with van der Waals surface area (Å²) < 4.78 is 5.16. The molecule has 0 spiro atoms. The van der Waals surface area contributed by atoms with E-state index in [2.05, 4.69) is 0 Å². The van der Waals surface area contributed by atoms with Gasteiger partial charge in [-0.2, -0.15) is 5.26 Å². The van der Waals surface area contributed by atoms with Gasteiger partial charge in [0.1, 0.15) is 6.10 Å². The molecule has 1 N–H and O–H groups in total. The molecular weight excluding hydrogens is 224 g/mol. The smallest absolute Gasteiger partial charge is 0.332 e. The highest BCUT2D eigenvalue weighted by molar-refractivity contribution is 5.82. The van der Waals surface area contributed by atoms with Crippen molar-refractivity contribution in [2.45, 2.75) is 44.4 Å². The van der Waals surface area contributed by atoms with Gasteiger partial charge in [0, 0.05) is 13.1 Å². The molecule has 94 valence electrons. The predicted molar refractivity (Wildman–Crippen MR) is 58.0 cm³/mol. The molecule has 0 aromatic rings. The van der Waals surface area contributed by atoms with E-state index in [-0.39, 0.29) is 18.4 Å². The van der Waals surface area contributed by atoms with Gasteiger partial charge in [-0.15, -0.1) is 0 Å². The van der Waals surface area contributed by atoms with Crippen molar-refractivity contribution in [3.8, 4) is 6.07 Å². The average Bonchev–Trinajstić information content (AvgIpc) is 2.76. The minimum absolute atomic E-state index is 0.194. The highest BCUT2D eigenvalue weighted by atomic mass is 16.5. The predicted octanol–water partition coefficient (Wildman–Crippen LogP) is 0.379. The van der Waals surface area contributed by atoms with Crippen LogP contribution < -0.4 is 0 Å². The molecule has 1 heterocycles. The lowest BCUT2D eigenvalue weighted by atomic mass is 10.1. The number of carbonyl (C=O) groups is 2. The number of carboxylic acids is 1. The molecule has 1 rings (SSSR count). The maximum atomic E-state index is 11.9. The minimum atomic E-state index is -1.03. The first-order valence-electron chi connectivity index (χ1n) is 5.49. The number of rotatable bonds is 4. The van der Waals surface area contributed by atoms with Crippen molar-refractivity contribution in [3.63, 3.8) is 0 Å². The molecule has 3 atom stereocenters. The van der Waals surface area contributed by atoms with E-state index < -0.39 is 18.2 Å². The van der Waals surface area contributed by atoms with E-state index in [1.807, 2.05) is 6.07 Å². The average molecular weight is 240 g/mol. The van der Waals surface area contributed by atoms with Gasteiger partial charge in [0.2, 0.25) is 0 Å². The van der Waals surface area contributed by atoms with E-state index in [0.29, 0.717) is 12.8 Å². The third-order valence-corrected chi connectivity index (χ3v) is 2.97. The second-order valence-corrected chi connectivity index (χ2v) is 4.19. The summed E-state index contributed by atoms with van der Waals surface area (Å²) in [6, 6.07) is 1.80. The third kappa shape index (κ3) is 3.17. The fourth-order valence-electron chi connectivity index (χ4n) is 1.71. The molecular formula is C11H16N2O4. The number of carbonyl (C=O) groups excluding carboxylic acids is 1. The third-order valence-electron chi connectivity index (χ3n) is 2.97. The number of nitriles is 1.